The van der Waals surface area contributed by atoms with Crippen molar-refractivity contribution in [1.82, 2.24) is 0 Å². The van der Waals surface area contributed by atoms with Gasteiger partial charge in [0.25, 0.3) is 0 Å². The molecule has 2 N–H and O–H groups in total. The Bertz CT molecular complexity index is 541. The van der Waals surface area contributed by atoms with E-state index >= 15 is 0 Å². The van der Waals surface area contributed by atoms with Gasteiger partial charge in [-0.15, -0.1) is 0 Å². The van der Waals surface area contributed by atoms with Crippen LogP contribution in [-0.2, 0) is 16.0 Å². The van der Waals surface area contributed by atoms with E-state index < -0.39 is 18.3 Å². The molecule has 0 radical (unpaired) electrons. The zero-order valence-corrected chi connectivity index (χ0v) is 11.4. The third kappa shape index (κ3) is 3.20. The molecule has 1 amide bonds. The fourth-order valence-corrected chi connectivity index (χ4v) is 2.14. The van der Waals surface area contributed by atoms with Gasteiger partial charge in [0, 0.05) is 18.1 Å². The first kappa shape index (κ1) is 14.2. The number of hydrogen-bond donors (Lipinski definition) is 2. The van der Waals surface area contributed by atoms with Crippen LogP contribution in [0.1, 0.15) is 25.8 Å². The van der Waals surface area contributed by atoms with Crippen molar-refractivity contribution in [1.29, 1.82) is 0 Å². The van der Waals surface area contributed by atoms with Crippen molar-refractivity contribution in [2.24, 2.45) is 0 Å². The van der Waals surface area contributed by atoms with E-state index in [1.165, 1.54) is 0 Å². The Kier molecular flexibility index (Phi) is 4.12. The zero-order valence-electron chi connectivity index (χ0n) is 11.4. The van der Waals surface area contributed by atoms with E-state index in [1.54, 1.807) is 6.07 Å². The minimum Gasteiger partial charge on any atom is -0.492 e. The average Bonchev–Trinajstić information content (AvgIpc) is 2.68. The third-order valence-corrected chi connectivity index (χ3v) is 2.88. The fraction of sp³-hybridized carbons (Fsp3) is 0.429. The molecule has 0 saturated carbocycles. The maximum atomic E-state index is 11.6. The number of carboxylic acid groups (broad SMARTS) is 1. The molecule has 6 heteroatoms. The lowest BCUT2D eigenvalue weighted by Crippen LogP contribution is -2.16. The van der Waals surface area contributed by atoms with Crippen LogP contribution in [0.25, 0.3) is 0 Å². The predicted octanol–water partition coefficient (Wildman–Crippen LogP) is 1.82. The van der Waals surface area contributed by atoms with Crippen LogP contribution in [0.5, 0.6) is 11.5 Å². The number of fused-ring (bicyclic) bond motifs is 1. The molecule has 6 nitrogen and oxygen atoms in total. The van der Waals surface area contributed by atoms with E-state index in [0.29, 0.717) is 23.8 Å². The van der Waals surface area contributed by atoms with Gasteiger partial charge in [-0.05, 0) is 19.9 Å². The number of ether oxygens (including phenoxy) is 2. The smallest absolute Gasteiger partial charge is 0.312 e. The number of benzene rings is 1. The number of hydrogen-bond acceptors (Lipinski definition) is 4. The molecule has 1 aromatic rings. The topological polar surface area (TPSA) is 84.9 Å². The molecule has 0 saturated heterocycles. The van der Waals surface area contributed by atoms with Gasteiger partial charge in [0.15, 0.2) is 0 Å². The van der Waals surface area contributed by atoms with Crippen molar-refractivity contribution >= 4 is 17.6 Å². The second kappa shape index (κ2) is 5.81. The van der Waals surface area contributed by atoms with E-state index in [9.17, 15) is 9.59 Å². The number of carbonyl (C=O) groups is 2. The summed E-state index contributed by atoms with van der Waals surface area (Å²) < 4.78 is 11.1. The summed E-state index contributed by atoms with van der Waals surface area (Å²) in [7, 11) is 0. The second-order valence-electron chi connectivity index (χ2n) is 4.64. The highest BCUT2D eigenvalue weighted by molar-refractivity contribution is 6.02. The molecule has 0 bridgehead atoms. The highest BCUT2D eigenvalue weighted by Gasteiger charge is 2.22. The van der Waals surface area contributed by atoms with E-state index in [2.05, 4.69) is 5.32 Å². The Labute approximate surface area is 116 Å². The number of carboxylic acids is 1. The molecule has 1 atom stereocenters. The highest BCUT2D eigenvalue weighted by atomic mass is 16.5. The lowest BCUT2D eigenvalue weighted by atomic mass is 10.1. The molecule has 0 spiro atoms. The monoisotopic (exact) mass is 279 g/mol. The Morgan fingerprint density at radius 3 is 2.90 bits per heavy atom. The zero-order chi connectivity index (χ0) is 14.7. The summed E-state index contributed by atoms with van der Waals surface area (Å²) in [4.78, 5) is 22.1. The van der Waals surface area contributed by atoms with E-state index in [1.807, 2.05) is 19.9 Å². The van der Waals surface area contributed by atoms with Crippen LogP contribution in [0.3, 0.4) is 0 Å². The number of aliphatic carboxylic acids is 1. The van der Waals surface area contributed by atoms with E-state index in [4.69, 9.17) is 14.6 Å². The molecule has 0 aliphatic carbocycles. The number of anilines is 1. The van der Waals surface area contributed by atoms with Gasteiger partial charge < -0.3 is 19.9 Å². The van der Waals surface area contributed by atoms with Gasteiger partial charge in [-0.2, -0.15) is 0 Å². The van der Waals surface area contributed by atoms with Gasteiger partial charge in [-0.3, -0.25) is 9.59 Å². The molecular formula is C14H17NO5. The van der Waals surface area contributed by atoms with Crippen LogP contribution in [0.2, 0.25) is 0 Å². The van der Waals surface area contributed by atoms with Crippen LogP contribution in [0.15, 0.2) is 12.1 Å². The number of amides is 1. The Balaban J connectivity index is 2.24. The molecule has 1 aliphatic rings. The molecule has 1 aliphatic heterocycles. The quantitative estimate of drug-likeness (QED) is 0.803. The Hall–Kier alpha value is -2.24. The molecule has 0 fully saturated rings. The van der Waals surface area contributed by atoms with Gasteiger partial charge in [0.2, 0.25) is 5.91 Å². The predicted molar refractivity (Wildman–Crippen MR) is 72.3 cm³/mol. The average molecular weight is 279 g/mol. The molecule has 1 unspecified atom stereocenters. The molecule has 0 aromatic heterocycles. The van der Waals surface area contributed by atoms with Crippen LogP contribution in [0, 0.1) is 0 Å². The summed E-state index contributed by atoms with van der Waals surface area (Å²) in [6.07, 6.45) is 0.294. The largest absolute Gasteiger partial charge is 0.492 e. The van der Waals surface area contributed by atoms with Crippen molar-refractivity contribution in [2.75, 3.05) is 11.9 Å². The molecule has 20 heavy (non-hydrogen) atoms. The molecule has 1 aromatic carbocycles. The van der Waals surface area contributed by atoms with Crippen LogP contribution in [-0.4, -0.2) is 29.7 Å². The molecule has 2 rings (SSSR count). The first-order valence-electron chi connectivity index (χ1n) is 6.47. The molecular weight excluding hydrogens is 262 g/mol. The number of rotatable bonds is 5. The summed E-state index contributed by atoms with van der Waals surface area (Å²) in [6, 6.07) is 3.52. The van der Waals surface area contributed by atoms with Crippen molar-refractivity contribution in [3.05, 3.63) is 17.7 Å². The maximum Gasteiger partial charge on any atom is 0.312 e. The van der Waals surface area contributed by atoms with E-state index in [0.717, 1.165) is 12.0 Å². The lowest BCUT2D eigenvalue weighted by molar-refractivity contribution is -0.139. The first-order chi connectivity index (χ1) is 9.49. The van der Waals surface area contributed by atoms with Crippen molar-refractivity contribution in [2.45, 2.75) is 32.8 Å². The highest BCUT2D eigenvalue weighted by Crippen LogP contribution is 2.38. The summed E-state index contributed by atoms with van der Waals surface area (Å²) in [5.41, 5.74) is 1.46. The number of nitrogens with one attached hydrogen (secondary N) is 1. The minimum atomic E-state index is -1.17. The van der Waals surface area contributed by atoms with Crippen molar-refractivity contribution in [3.8, 4) is 11.5 Å². The van der Waals surface area contributed by atoms with Crippen LogP contribution in [0.4, 0.5) is 5.69 Å². The van der Waals surface area contributed by atoms with Gasteiger partial charge in [0.1, 0.15) is 24.0 Å². The van der Waals surface area contributed by atoms with Gasteiger partial charge in [0.05, 0.1) is 12.3 Å². The normalized spacial score (nSPS) is 16.2. The van der Waals surface area contributed by atoms with Crippen LogP contribution >= 0.6 is 0 Å². The Morgan fingerprint density at radius 1 is 1.50 bits per heavy atom. The van der Waals surface area contributed by atoms with Crippen LogP contribution < -0.4 is 14.8 Å². The van der Waals surface area contributed by atoms with Crippen molar-refractivity contribution in [3.63, 3.8) is 0 Å². The first-order valence-corrected chi connectivity index (χ1v) is 6.47. The second-order valence-corrected chi connectivity index (χ2v) is 4.64. The Morgan fingerprint density at radius 2 is 2.25 bits per heavy atom. The van der Waals surface area contributed by atoms with Gasteiger partial charge in [-0.25, -0.2) is 0 Å². The van der Waals surface area contributed by atoms with Gasteiger partial charge in [-0.1, -0.05) is 0 Å². The summed E-state index contributed by atoms with van der Waals surface area (Å²) >= 11 is 0. The summed E-state index contributed by atoms with van der Waals surface area (Å²) in [5.74, 6) is -0.537. The summed E-state index contributed by atoms with van der Waals surface area (Å²) in [6.45, 7) is 4.26. The maximum absolute atomic E-state index is 11.6. The van der Waals surface area contributed by atoms with Gasteiger partial charge >= 0.3 is 5.97 Å². The lowest BCUT2D eigenvalue weighted by Gasteiger charge is -2.13. The number of carbonyl (C=O) groups excluding carboxylic acids is 1. The molecule has 1 heterocycles. The van der Waals surface area contributed by atoms with Crippen molar-refractivity contribution < 1.29 is 24.2 Å². The third-order valence-electron chi connectivity index (χ3n) is 2.88. The fourth-order valence-electron chi connectivity index (χ4n) is 2.14. The summed E-state index contributed by atoms with van der Waals surface area (Å²) in [5, 5.41) is 11.2. The standard InChI is InChI=1S/C14H17NO5/c1-3-19-12-5-9-4-8(2)20-11(9)6-10(12)15-13(16)7-14(17)18/h5-6,8H,3-4,7H2,1-2H3,(H,15,16)(H,17,18). The molecule has 108 valence electrons. The van der Waals surface area contributed by atoms with E-state index in [-0.39, 0.29) is 6.10 Å². The minimum absolute atomic E-state index is 0.0875. The SMILES string of the molecule is CCOc1cc2c(cc1NC(=O)CC(=O)O)OC(C)C2.